The monoisotopic (exact) mass is 1410 g/mol. The predicted octanol–water partition coefficient (Wildman–Crippen LogP) is 5.72. The number of anilines is 2. The minimum absolute atomic E-state index is 0.0574. The first kappa shape index (κ1) is 51.2. The Morgan fingerprint density at radius 2 is 0.846 bits per heavy atom. The smallest absolute Gasteiger partial charge is 0.337 e. The summed E-state index contributed by atoms with van der Waals surface area (Å²) in [6, 6.07) is 0. The molecule has 0 atom stereocenters. The molecule has 0 fully saturated rings. The van der Waals surface area contributed by atoms with Crippen LogP contribution < -0.4 is 21.3 Å². The molecule has 22 heteroatoms. The fourth-order valence-corrected chi connectivity index (χ4v) is 12.7. The molecule has 0 aliphatic rings. The molecule has 0 unspecified atom stereocenters. The largest absolute Gasteiger partial charge is 0.480 e. The van der Waals surface area contributed by atoms with E-state index in [1.165, 1.54) is 0 Å². The lowest BCUT2D eigenvalue weighted by Gasteiger charge is -2.17. The molecule has 0 aliphatic heterocycles. The molecule has 8 N–H and O–H groups in total. The highest BCUT2D eigenvalue weighted by Crippen LogP contribution is 2.36. The lowest BCUT2D eigenvalue weighted by molar-refractivity contribution is -0.146. The van der Waals surface area contributed by atoms with Gasteiger partial charge < -0.3 is 51.2 Å². The second kappa shape index (κ2) is 26.9. The van der Waals surface area contributed by atoms with E-state index in [1.807, 2.05) is 90.4 Å². The van der Waals surface area contributed by atoms with Crippen LogP contribution in [0.25, 0.3) is 0 Å². The molecule has 0 aromatic heterocycles. The Labute approximate surface area is 381 Å². The van der Waals surface area contributed by atoms with Gasteiger partial charge in [-0.3, -0.25) is 9.59 Å². The molecule has 0 spiro atoms. The number of hydrogen-bond acceptors (Lipinski definition) is 10. The molecule has 2 amide bonds. The van der Waals surface area contributed by atoms with Crippen LogP contribution in [0, 0.1) is 21.4 Å². The number of nitrogens with one attached hydrogen (secondary N) is 4. The number of benzene rings is 2. The topological polar surface area (TPSA) is 250 Å². The molecule has 0 bridgehead atoms. The molecular formula is C30H36I6N4O12. The first-order valence-electron chi connectivity index (χ1n) is 14.7. The molecule has 0 radical (unpaired) electrons. The van der Waals surface area contributed by atoms with E-state index in [1.54, 1.807) is 27.9 Å². The fraction of sp³-hybridized carbons (Fsp3) is 0.400. The third-order valence-corrected chi connectivity index (χ3v) is 13.1. The molecule has 16 nitrogen and oxygen atoms in total. The number of amides is 2. The Morgan fingerprint density at radius 1 is 0.538 bits per heavy atom. The van der Waals surface area contributed by atoms with E-state index in [2.05, 4.69) is 75.9 Å². The zero-order valence-electron chi connectivity index (χ0n) is 28.0. The molecule has 0 saturated carbocycles. The van der Waals surface area contributed by atoms with E-state index in [0.29, 0.717) is 40.2 Å². The maximum absolute atomic E-state index is 11.4. The van der Waals surface area contributed by atoms with E-state index in [4.69, 9.17) is 10.2 Å². The normalized spacial score (nSPS) is 10.1. The van der Waals surface area contributed by atoms with Crippen molar-refractivity contribution >= 4 is 183 Å². The Hall–Kier alpha value is -0.840. The van der Waals surface area contributed by atoms with Gasteiger partial charge in [-0.15, -0.1) is 0 Å². The van der Waals surface area contributed by atoms with Crippen LogP contribution in [0.5, 0.6) is 0 Å². The average molecular weight is 1410 g/mol. The van der Waals surface area contributed by atoms with Crippen molar-refractivity contribution in [3.05, 3.63) is 43.7 Å². The lowest BCUT2D eigenvalue weighted by atomic mass is 10.1. The number of carbonyl (C=O) groups excluding carboxylic acids is 2. The molecule has 52 heavy (non-hydrogen) atoms. The van der Waals surface area contributed by atoms with Gasteiger partial charge in [0.1, 0.15) is 13.2 Å². The van der Waals surface area contributed by atoms with Gasteiger partial charge in [0.05, 0.1) is 42.9 Å². The van der Waals surface area contributed by atoms with Gasteiger partial charge in [-0.05, 0) is 136 Å². The minimum atomic E-state index is -1.06. The van der Waals surface area contributed by atoms with Crippen LogP contribution in [0.2, 0.25) is 0 Å². The van der Waals surface area contributed by atoms with Crippen molar-refractivity contribution in [3.63, 3.8) is 0 Å². The summed E-state index contributed by atoms with van der Waals surface area (Å²) in [7, 11) is 3.51. The summed E-state index contributed by atoms with van der Waals surface area (Å²) < 4.78 is 13.7. The first-order chi connectivity index (χ1) is 24.3. The Balaban J connectivity index is 0.000000778. The van der Waals surface area contributed by atoms with Crippen LogP contribution in [-0.2, 0) is 41.7 Å². The summed E-state index contributed by atoms with van der Waals surface area (Å²) in [6.45, 7) is 3.60. The second-order valence-corrected chi connectivity index (χ2v) is 16.1. The number of ether oxygens (including phenoxy) is 2. The van der Waals surface area contributed by atoms with Gasteiger partial charge in [-0.2, -0.15) is 0 Å². The number of hydrogen-bond donors (Lipinski definition) is 8. The highest BCUT2D eigenvalue weighted by atomic mass is 127. The number of aliphatic carboxylic acids is 2. The zero-order valence-corrected chi connectivity index (χ0v) is 40.9. The predicted molar refractivity (Wildman–Crippen MR) is 243 cm³/mol. The van der Waals surface area contributed by atoms with Crippen LogP contribution in [0.1, 0.15) is 58.5 Å². The van der Waals surface area contributed by atoms with Gasteiger partial charge in [0.15, 0.2) is 0 Å². The van der Waals surface area contributed by atoms with E-state index >= 15 is 0 Å². The molecule has 0 heterocycles. The van der Waals surface area contributed by atoms with Crippen molar-refractivity contribution in [1.29, 1.82) is 0 Å². The van der Waals surface area contributed by atoms with E-state index in [-0.39, 0.29) is 36.2 Å². The number of halogens is 6. The molecule has 290 valence electrons. The van der Waals surface area contributed by atoms with Gasteiger partial charge in [0.25, 0.3) is 0 Å². The van der Waals surface area contributed by atoms with Crippen molar-refractivity contribution < 1.29 is 58.7 Å². The molecule has 0 saturated heterocycles. The highest BCUT2D eigenvalue weighted by Gasteiger charge is 2.25. The minimum Gasteiger partial charge on any atom is -0.480 e. The molecule has 2 rings (SSSR count). The third-order valence-electron chi connectivity index (χ3n) is 6.13. The van der Waals surface area contributed by atoms with Crippen LogP contribution in [0.15, 0.2) is 0 Å². The number of carboxylic acid groups (broad SMARTS) is 4. The summed E-state index contributed by atoms with van der Waals surface area (Å²) in [5, 5.41) is 46.6. The van der Waals surface area contributed by atoms with E-state index in [9.17, 15) is 39.0 Å². The van der Waals surface area contributed by atoms with Crippen LogP contribution in [0.4, 0.5) is 11.4 Å². The van der Waals surface area contributed by atoms with Gasteiger partial charge in [0, 0.05) is 65.4 Å². The SMILES string of the molecule is CCC(=O)NCc1c(I)c(NC)c(I)c(C(=O)O)c1I.CCC(=O)NCc1c(I)c(NC)c(I)c(C(=O)O)c1I.O=C(O)COCCOCC(=O)O. The Kier molecular flexibility index (Phi) is 26.4. The van der Waals surface area contributed by atoms with Crippen molar-refractivity contribution in [2.75, 3.05) is 51.2 Å². The molecular weight excluding hydrogens is 1370 g/mol. The van der Waals surface area contributed by atoms with Crippen molar-refractivity contribution in [3.8, 4) is 0 Å². The highest BCUT2D eigenvalue weighted by molar-refractivity contribution is 14.1. The molecule has 2 aromatic rings. The summed E-state index contributed by atoms with van der Waals surface area (Å²) in [4.78, 5) is 65.4. The summed E-state index contributed by atoms with van der Waals surface area (Å²) in [6.07, 6.45) is 0.810. The first-order valence-corrected chi connectivity index (χ1v) is 21.1. The van der Waals surface area contributed by atoms with Gasteiger partial charge in [-0.1, -0.05) is 13.8 Å². The van der Waals surface area contributed by atoms with Gasteiger partial charge in [-0.25, -0.2) is 19.2 Å². The summed E-state index contributed by atoms with van der Waals surface area (Å²) in [5.74, 6) is -4.16. The van der Waals surface area contributed by atoms with E-state index in [0.717, 1.165) is 29.6 Å². The van der Waals surface area contributed by atoms with E-state index < -0.39 is 37.1 Å². The maximum Gasteiger partial charge on any atom is 0.337 e. The third kappa shape index (κ3) is 16.9. The molecule has 0 aliphatic carbocycles. The zero-order chi connectivity index (χ0) is 40.3. The quantitative estimate of drug-likeness (QED) is 0.0698. The van der Waals surface area contributed by atoms with Gasteiger partial charge in [0.2, 0.25) is 11.8 Å². The number of carbonyl (C=O) groups is 6. The van der Waals surface area contributed by atoms with Gasteiger partial charge >= 0.3 is 23.9 Å². The Morgan fingerprint density at radius 3 is 1.08 bits per heavy atom. The standard InChI is InChI=1S/2C12H13I3N2O3.C6H10O6/c2*1-3-6(18)17-4-5-8(13)7(12(19)20)10(15)11(16-2)9(5)14;7-5(8)3-11-1-2-12-4-6(9)10/h2*16H,3-4H2,1-2H3,(H,17,18)(H,19,20);1-4H2,(H,7,8)(H,9,10). The van der Waals surface area contributed by atoms with Crippen LogP contribution >= 0.6 is 136 Å². The molecule has 2 aromatic carbocycles. The average Bonchev–Trinajstić information content (AvgIpc) is 3.06. The van der Waals surface area contributed by atoms with Crippen molar-refractivity contribution in [1.82, 2.24) is 10.6 Å². The second-order valence-electron chi connectivity index (χ2n) is 9.60. The van der Waals surface area contributed by atoms with Crippen LogP contribution in [0.3, 0.4) is 0 Å². The van der Waals surface area contributed by atoms with Crippen LogP contribution in [-0.4, -0.2) is 96.6 Å². The summed E-state index contributed by atoms with van der Waals surface area (Å²) >= 11 is 12.5. The van der Waals surface area contributed by atoms with Crippen molar-refractivity contribution in [2.24, 2.45) is 0 Å². The summed E-state index contributed by atoms with van der Waals surface area (Å²) in [5.41, 5.74) is 3.77. The number of aromatic carboxylic acids is 2. The fourth-order valence-electron chi connectivity index (χ4n) is 3.62. The number of carboxylic acids is 4. The Bertz CT molecular complexity index is 1510. The number of rotatable bonds is 17. The lowest BCUT2D eigenvalue weighted by Crippen LogP contribution is -2.24. The maximum atomic E-state index is 11.4. The van der Waals surface area contributed by atoms with Crippen molar-refractivity contribution in [2.45, 2.75) is 39.8 Å².